The van der Waals surface area contributed by atoms with Gasteiger partial charge in [0.15, 0.2) is 0 Å². The van der Waals surface area contributed by atoms with Crippen LogP contribution in [-0.4, -0.2) is 40.6 Å². The van der Waals surface area contributed by atoms with Gasteiger partial charge in [0, 0.05) is 17.2 Å². The molecule has 1 saturated heterocycles. The van der Waals surface area contributed by atoms with Crippen LogP contribution in [0.15, 0.2) is 59.1 Å². The summed E-state index contributed by atoms with van der Waals surface area (Å²) in [6.07, 6.45) is 1.62. The number of carbonyl (C=O) groups is 1. The van der Waals surface area contributed by atoms with E-state index in [4.69, 9.17) is 9.26 Å². The van der Waals surface area contributed by atoms with Crippen LogP contribution in [0.25, 0.3) is 11.4 Å². The second kappa shape index (κ2) is 9.54. The number of anilines is 1. The van der Waals surface area contributed by atoms with Gasteiger partial charge in [0.05, 0.1) is 13.2 Å². The van der Waals surface area contributed by atoms with Gasteiger partial charge in [-0.15, -0.1) is 0 Å². The predicted molar refractivity (Wildman–Crippen MR) is 114 cm³/mol. The summed E-state index contributed by atoms with van der Waals surface area (Å²) in [7, 11) is 0. The van der Waals surface area contributed by atoms with Crippen molar-refractivity contribution in [3.63, 3.8) is 0 Å². The van der Waals surface area contributed by atoms with Gasteiger partial charge < -0.3 is 14.6 Å². The maximum Gasteiger partial charge on any atom is 0.241 e. The number of likely N-dealkylation sites (tertiary alicyclic amines) is 1. The van der Waals surface area contributed by atoms with E-state index < -0.39 is 0 Å². The largest absolute Gasteiger partial charge is 0.494 e. The Hall–Kier alpha value is -3.19. The second-order valence-electron chi connectivity index (χ2n) is 7.37. The number of aromatic nitrogens is 2. The molecule has 1 N–H and O–H groups in total. The number of amides is 1. The number of piperidine rings is 1. The summed E-state index contributed by atoms with van der Waals surface area (Å²) in [4.78, 5) is 19.4. The zero-order valence-electron chi connectivity index (χ0n) is 17.1. The summed E-state index contributed by atoms with van der Waals surface area (Å²) < 4.78 is 10.8. The highest BCUT2D eigenvalue weighted by Crippen LogP contribution is 2.23. The van der Waals surface area contributed by atoms with Gasteiger partial charge in [-0.25, -0.2) is 0 Å². The molecule has 1 aliphatic heterocycles. The van der Waals surface area contributed by atoms with Crippen molar-refractivity contribution in [3.8, 4) is 17.1 Å². The predicted octanol–water partition coefficient (Wildman–Crippen LogP) is 3.99. The molecule has 1 amide bonds. The monoisotopic (exact) mass is 406 g/mol. The van der Waals surface area contributed by atoms with Crippen LogP contribution >= 0.6 is 0 Å². The number of carbonyl (C=O) groups excluding carboxylic acids is 1. The molecule has 4 rings (SSSR count). The first kappa shape index (κ1) is 20.1. The lowest BCUT2D eigenvalue weighted by Crippen LogP contribution is -2.37. The molecule has 0 radical (unpaired) electrons. The molecule has 2 aromatic carbocycles. The van der Waals surface area contributed by atoms with Crippen molar-refractivity contribution in [2.45, 2.75) is 26.3 Å². The molecule has 0 aliphatic carbocycles. The Labute approximate surface area is 176 Å². The zero-order chi connectivity index (χ0) is 20.8. The Kier molecular flexibility index (Phi) is 6.39. The van der Waals surface area contributed by atoms with E-state index in [0.717, 1.165) is 42.9 Å². The lowest BCUT2D eigenvalue weighted by molar-refractivity contribution is -0.121. The molecule has 0 unspecified atom stereocenters. The van der Waals surface area contributed by atoms with Crippen molar-refractivity contribution in [2.24, 2.45) is 5.92 Å². The number of rotatable bonds is 7. The number of nitrogens with one attached hydrogen (secondary N) is 1. The highest BCUT2D eigenvalue weighted by molar-refractivity contribution is 5.92. The van der Waals surface area contributed by atoms with E-state index in [2.05, 4.69) is 20.4 Å². The fourth-order valence-corrected chi connectivity index (χ4v) is 3.61. The van der Waals surface area contributed by atoms with E-state index in [1.807, 2.05) is 61.5 Å². The van der Waals surface area contributed by atoms with Crippen LogP contribution in [0.5, 0.6) is 5.75 Å². The average molecular weight is 406 g/mol. The van der Waals surface area contributed by atoms with Crippen LogP contribution in [0.4, 0.5) is 5.69 Å². The minimum Gasteiger partial charge on any atom is -0.494 e. The molecule has 0 atom stereocenters. The molecule has 7 nitrogen and oxygen atoms in total. The first-order valence-corrected chi connectivity index (χ1v) is 10.4. The summed E-state index contributed by atoms with van der Waals surface area (Å²) in [5.74, 6) is 2.10. The average Bonchev–Trinajstić information content (AvgIpc) is 3.25. The first-order valence-electron chi connectivity index (χ1n) is 10.4. The number of ether oxygens (including phenoxy) is 1. The maximum absolute atomic E-state index is 12.6. The van der Waals surface area contributed by atoms with Gasteiger partial charge in [-0.05, 0) is 57.1 Å². The molecule has 156 valence electrons. The van der Waals surface area contributed by atoms with Gasteiger partial charge in [0.1, 0.15) is 5.75 Å². The van der Waals surface area contributed by atoms with E-state index in [9.17, 15) is 4.79 Å². The molecule has 3 aromatic rings. The Morgan fingerprint density at radius 1 is 1.13 bits per heavy atom. The molecule has 7 heteroatoms. The number of hydrogen-bond donors (Lipinski definition) is 1. The fourth-order valence-electron chi connectivity index (χ4n) is 3.61. The van der Waals surface area contributed by atoms with Crippen molar-refractivity contribution in [1.82, 2.24) is 15.0 Å². The normalized spacial score (nSPS) is 15.1. The van der Waals surface area contributed by atoms with Crippen molar-refractivity contribution >= 4 is 11.6 Å². The molecule has 1 aromatic heterocycles. The molecule has 30 heavy (non-hydrogen) atoms. The fraction of sp³-hybridized carbons (Fsp3) is 0.348. The van der Waals surface area contributed by atoms with E-state index in [1.54, 1.807) is 0 Å². The van der Waals surface area contributed by atoms with Gasteiger partial charge in [0.2, 0.25) is 17.6 Å². The summed E-state index contributed by atoms with van der Waals surface area (Å²) >= 11 is 0. The highest BCUT2D eigenvalue weighted by Gasteiger charge is 2.26. The van der Waals surface area contributed by atoms with Crippen LogP contribution in [-0.2, 0) is 11.3 Å². The molecule has 2 heterocycles. The van der Waals surface area contributed by atoms with Gasteiger partial charge in [-0.1, -0.05) is 35.5 Å². The minimum atomic E-state index is 0.00961. The summed E-state index contributed by atoms with van der Waals surface area (Å²) in [6.45, 7) is 4.83. The van der Waals surface area contributed by atoms with Gasteiger partial charge >= 0.3 is 0 Å². The lowest BCUT2D eigenvalue weighted by atomic mass is 9.96. The van der Waals surface area contributed by atoms with Crippen LogP contribution < -0.4 is 10.1 Å². The van der Waals surface area contributed by atoms with E-state index in [-0.39, 0.29) is 11.8 Å². The van der Waals surface area contributed by atoms with Crippen LogP contribution in [0.2, 0.25) is 0 Å². The lowest BCUT2D eigenvalue weighted by Gasteiger charge is -2.30. The zero-order valence-corrected chi connectivity index (χ0v) is 17.1. The van der Waals surface area contributed by atoms with Crippen LogP contribution in [0.1, 0.15) is 25.7 Å². The number of nitrogens with zero attached hydrogens (tertiary/aromatic N) is 3. The molecule has 1 aliphatic rings. The summed E-state index contributed by atoms with van der Waals surface area (Å²) in [6, 6.07) is 17.3. The van der Waals surface area contributed by atoms with Crippen molar-refractivity contribution in [3.05, 3.63) is 60.5 Å². The Balaban J connectivity index is 1.25. The number of benzene rings is 2. The van der Waals surface area contributed by atoms with Gasteiger partial charge in [-0.2, -0.15) is 4.98 Å². The Morgan fingerprint density at radius 2 is 1.87 bits per heavy atom. The van der Waals surface area contributed by atoms with E-state index in [0.29, 0.717) is 24.9 Å². The molecular formula is C23H26N4O3. The summed E-state index contributed by atoms with van der Waals surface area (Å²) in [5, 5.41) is 7.09. The minimum absolute atomic E-state index is 0.00961. The Bertz CT molecular complexity index is 948. The highest BCUT2D eigenvalue weighted by atomic mass is 16.5. The Morgan fingerprint density at radius 3 is 2.57 bits per heavy atom. The molecular weight excluding hydrogens is 380 g/mol. The third kappa shape index (κ3) is 5.04. The van der Waals surface area contributed by atoms with Crippen LogP contribution in [0.3, 0.4) is 0 Å². The standard InChI is InChI=1S/C23H26N4O3/c1-2-29-20-10-8-19(9-11-20)24-23(28)18-12-14-27(15-13-18)16-21-25-22(26-30-21)17-6-4-3-5-7-17/h3-11,18H,2,12-16H2,1H3,(H,24,28). The first-order chi connectivity index (χ1) is 14.7. The van der Waals surface area contributed by atoms with Gasteiger partial charge in [-0.3, -0.25) is 9.69 Å². The van der Waals surface area contributed by atoms with E-state index >= 15 is 0 Å². The topological polar surface area (TPSA) is 80.5 Å². The van der Waals surface area contributed by atoms with Gasteiger partial charge in [0.25, 0.3) is 0 Å². The quantitative estimate of drug-likeness (QED) is 0.639. The second-order valence-corrected chi connectivity index (χ2v) is 7.37. The molecule has 1 fully saturated rings. The van der Waals surface area contributed by atoms with Crippen LogP contribution in [0, 0.1) is 5.92 Å². The van der Waals surface area contributed by atoms with Crippen molar-refractivity contribution < 1.29 is 14.1 Å². The van der Waals surface area contributed by atoms with Crippen molar-refractivity contribution in [1.29, 1.82) is 0 Å². The molecule has 0 bridgehead atoms. The number of hydrogen-bond acceptors (Lipinski definition) is 6. The SMILES string of the molecule is CCOc1ccc(NC(=O)C2CCN(Cc3nc(-c4ccccc4)no3)CC2)cc1. The molecule has 0 spiro atoms. The third-order valence-corrected chi connectivity index (χ3v) is 5.25. The summed E-state index contributed by atoms with van der Waals surface area (Å²) in [5.41, 5.74) is 1.74. The van der Waals surface area contributed by atoms with Crippen molar-refractivity contribution in [2.75, 3.05) is 25.0 Å². The molecule has 0 saturated carbocycles. The third-order valence-electron chi connectivity index (χ3n) is 5.25. The maximum atomic E-state index is 12.6. The van der Waals surface area contributed by atoms with E-state index in [1.165, 1.54) is 0 Å². The smallest absolute Gasteiger partial charge is 0.241 e.